The zero-order valence-corrected chi connectivity index (χ0v) is 7.20. The molecule has 0 saturated heterocycles. The van der Waals surface area contributed by atoms with Crippen molar-refractivity contribution in [2.75, 3.05) is 0 Å². The van der Waals surface area contributed by atoms with Gasteiger partial charge < -0.3 is 5.73 Å². The standard InChI is InChI=1S/C10H11N3/c11-9-4-8(9)7-3-1-2-6-5-12-13-10(6)7/h1-3,5,8-9H,4,11H2,(H,12,13)/t8-,9+/m0/s1. The highest BCUT2D eigenvalue weighted by Crippen LogP contribution is 2.41. The normalized spacial score (nSPS) is 26.5. The van der Waals surface area contributed by atoms with Crippen LogP contribution in [-0.2, 0) is 0 Å². The summed E-state index contributed by atoms with van der Waals surface area (Å²) in [5.74, 6) is 0.546. The number of aromatic amines is 1. The van der Waals surface area contributed by atoms with Crippen molar-refractivity contribution in [3.63, 3.8) is 0 Å². The van der Waals surface area contributed by atoms with Crippen molar-refractivity contribution in [2.24, 2.45) is 5.73 Å². The number of aromatic nitrogens is 2. The highest BCUT2D eigenvalue weighted by atomic mass is 15.1. The number of hydrogen-bond donors (Lipinski definition) is 2. The Labute approximate surface area is 75.9 Å². The zero-order chi connectivity index (χ0) is 8.84. The van der Waals surface area contributed by atoms with Gasteiger partial charge in [0, 0.05) is 17.3 Å². The Bertz CT molecular complexity index is 446. The van der Waals surface area contributed by atoms with E-state index >= 15 is 0 Å². The predicted octanol–water partition coefficient (Wildman–Crippen LogP) is 1.38. The largest absolute Gasteiger partial charge is 0.327 e. The summed E-state index contributed by atoms with van der Waals surface area (Å²) in [6.45, 7) is 0. The molecule has 2 aromatic rings. The number of benzene rings is 1. The highest BCUT2D eigenvalue weighted by Gasteiger charge is 2.36. The second kappa shape index (κ2) is 2.33. The van der Waals surface area contributed by atoms with Gasteiger partial charge in [0.1, 0.15) is 0 Å². The molecule has 0 radical (unpaired) electrons. The Hall–Kier alpha value is -1.35. The third-order valence-corrected chi connectivity index (χ3v) is 2.75. The molecule has 66 valence electrons. The van der Waals surface area contributed by atoms with E-state index in [0.717, 1.165) is 11.9 Å². The molecule has 1 aliphatic carbocycles. The molecular weight excluding hydrogens is 162 g/mol. The Morgan fingerprint density at radius 1 is 1.46 bits per heavy atom. The van der Waals surface area contributed by atoms with E-state index in [1.165, 1.54) is 10.9 Å². The number of hydrogen-bond acceptors (Lipinski definition) is 2. The van der Waals surface area contributed by atoms with Crippen molar-refractivity contribution in [1.82, 2.24) is 10.2 Å². The Kier molecular flexibility index (Phi) is 1.27. The van der Waals surface area contributed by atoms with Crippen LogP contribution in [0.2, 0.25) is 0 Å². The number of nitrogens with two attached hydrogens (primary N) is 1. The van der Waals surface area contributed by atoms with Crippen LogP contribution in [0.15, 0.2) is 24.4 Å². The first kappa shape index (κ1) is 7.09. The molecule has 3 N–H and O–H groups in total. The zero-order valence-electron chi connectivity index (χ0n) is 7.20. The van der Waals surface area contributed by atoms with Gasteiger partial charge in [-0.3, -0.25) is 5.10 Å². The molecule has 0 unspecified atom stereocenters. The first-order valence-electron chi connectivity index (χ1n) is 4.54. The second-order valence-corrected chi connectivity index (χ2v) is 3.69. The molecular formula is C10H11N3. The van der Waals surface area contributed by atoms with Gasteiger partial charge in [0.05, 0.1) is 11.7 Å². The van der Waals surface area contributed by atoms with Crippen molar-refractivity contribution in [1.29, 1.82) is 0 Å². The molecule has 1 saturated carbocycles. The second-order valence-electron chi connectivity index (χ2n) is 3.69. The lowest BCUT2D eigenvalue weighted by Gasteiger charge is -1.99. The molecule has 0 amide bonds. The molecule has 3 nitrogen and oxygen atoms in total. The minimum absolute atomic E-state index is 0.355. The highest BCUT2D eigenvalue weighted by molar-refractivity contribution is 5.82. The molecule has 1 heterocycles. The molecule has 1 aromatic carbocycles. The molecule has 0 bridgehead atoms. The van der Waals surface area contributed by atoms with Gasteiger partial charge in [-0.05, 0) is 12.0 Å². The average Bonchev–Trinajstić information content (AvgIpc) is 2.66. The molecule has 1 aliphatic rings. The van der Waals surface area contributed by atoms with Crippen molar-refractivity contribution in [3.05, 3.63) is 30.0 Å². The van der Waals surface area contributed by atoms with E-state index in [1.54, 1.807) is 0 Å². The van der Waals surface area contributed by atoms with Gasteiger partial charge in [-0.2, -0.15) is 5.10 Å². The molecule has 3 rings (SSSR count). The average molecular weight is 173 g/mol. The van der Waals surface area contributed by atoms with Crippen LogP contribution in [-0.4, -0.2) is 16.2 Å². The lowest BCUT2D eigenvalue weighted by atomic mass is 10.1. The maximum Gasteiger partial charge on any atom is 0.0685 e. The quantitative estimate of drug-likeness (QED) is 0.684. The topological polar surface area (TPSA) is 54.7 Å². The van der Waals surface area contributed by atoms with Crippen LogP contribution in [0.25, 0.3) is 10.9 Å². The van der Waals surface area contributed by atoms with Gasteiger partial charge in [0.25, 0.3) is 0 Å². The summed E-state index contributed by atoms with van der Waals surface area (Å²) in [5.41, 5.74) is 8.30. The summed E-state index contributed by atoms with van der Waals surface area (Å²) >= 11 is 0. The van der Waals surface area contributed by atoms with E-state index in [4.69, 9.17) is 5.73 Å². The van der Waals surface area contributed by atoms with Crippen LogP contribution in [0.1, 0.15) is 17.9 Å². The maximum atomic E-state index is 5.82. The van der Waals surface area contributed by atoms with Crippen LogP contribution in [0.4, 0.5) is 0 Å². The number of rotatable bonds is 1. The van der Waals surface area contributed by atoms with Crippen molar-refractivity contribution in [3.8, 4) is 0 Å². The smallest absolute Gasteiger partial charge is 0.0685 e. The lowest BCUT2D eigenvalue weighted by Crippen LogP contribution is -2.01. The number of H-pyrrole nitrogens is 1. The van der Waals surface area contributed by atoms with E-state index in [-0.39, 0.29) is 0 Å². The van der Waals surface area contributed by atoms with Gasteiger partial charge in [-0.1, -0.05) is 18.2 Å². The van der Waals surface area contributed by atoms with Crippen molar-refractivity contribution in [2.45, 2.75) is 18.4 Å². The third kappa shape index (κ3) is 0.971. The van der Waals surface area contributed by atoms with Crippen LogP contribution in [0.3, 0.4) is 0 Å². The van der Waals surface area contributed by atoms with Crippen molar-refractivity contribution >= 4 is 10.9 Å². The fraction of sp³-hybridized carbons (Fsp3) is 0.300. The summed E-state index contributed by atoms with van der Waals surface area (Å²) in [6.07, 6.45) is 2.96. The molecule has 13 heavy (non-hydrogen) atoms. The Morgan fingerprint density at radius 3 is 3.08 bits per heavy atom. The third-order valence-electron chi connectivity index (χ3n) is 2.75. The SMILES string of the molecule is N[C@@H]1C[C@H]1c1cccc2cn[nH]c12. The number of nitrogens with zero attached hydrogens (tertiary/aromatic N) is 1. The van der Waals surface area contributed by atoms with Crippen LogP contribution >= 0.6 is 0 Å². The number of nitrogens with one attached hydrogen (secondary N) is 1. The number of para-hydroxylation sites is 1. The summed E-state index contributed by atoms with van der Waals surface area (Å²) in [7, 11) is 0. The molecule has 1 aromatic heterocycles. The van der Waals surface area contributed by atoms with E-state index in [0.29, 0.717) is 12.0 Å². The molecule has 2 atom stereocenters. The van der Waals surface area contributed by atoms with Gasteiger partial charge in [-0.25, -0.2) is 0 Å². The van der Waals surface area contributed by atoms with Gasteiger partial charge >= 0.3 is 0 Å². The monoisotopic (exact) mass is 173 g/mol. The van der Waals surface area contributed by atoms with E-state index in [1.807, 2.05) is 6.20 Å². The molecule has 0 aliphatic heterocycles. The minimum Gasteiger partial charge on any atom is -0.327 e. The summed E-state index contributed by atoms with van der Waals surface area (Å²) in [6, 6.07) is 6.63. The molecule has 1 fully saturated rings. The van der Waals surface area contributed by atoms with Gasteiger partial charge in [-0.15, -0.1) is 0 Å². The van der Waals surface area contributed by atoms with E-state index < -0.39 is 0 Å². The first-order valence-corrected chi connectivity index (χ1v) is 4.54. The predicted molar refractivity (Wildman–Crippen MR) is 51.4 cm³/mol. The first-order chi connectivity index (χ1) is 6.36. The maximum absolute atomic E-state index is 5.82. The van der Waals surface area contributed by atoms with Crippen LogP contribution in [0.5, 0.6) is 0 Å². The van der Waals surface area contributed by atoms with Crippen LogP contribution in [0, 0.1) is 0 Å². The fourth-order valence-electron chi connectivity index (χ4n) is 1.87. The van der Waals surface area contributed by atoms with Gasteiger partial charge in [0.2, 0.25) is 0 Å². The van der Waals surface area contributed by atoms with E-state index in [9.17, 15) is 0 Å². The summed E-state index contributed by atoms with van der Waals surface area (Å²) in [4.78, 5) is 0. The van der Waals surface area contributed by atoms with Crippen molar-refractivity contribution < 1.29 is 0 Å². The Morgan fingerprint density at radius 2 is 2.31 bits per heavy atom. The van der Waals surface area contributed by atoms with E-state index in [2.05, 4.69) is 28.4 Å². The summed E-state index contributed by atoms with van der Waals surface area (Å²) < 4.78 is 0. The molecule has 3 heteroatoms. The minimum atomic E-state index is 0.355. The number of fused-ring (bicyclic) bond motifs is 1. The molecule has 0 spiro atoms. The van der Waals surface area contributed by atoms with Crippen LogP contribution < -0.4 is 5.73 Å². The lowest BCUT2D eigenvalue weighted by molar-refractivity contribution is 0.990. The summed E-state index contributed by atoms with van der Waals surface area (Å²) in [5, 5.41) is 8.23. The Balaban J connectivity index is 2.22. The van der Waals surface area contributed by atoms with Gasteiger partial charge in [0.15, 0.2) is 0 Å². The fourth-order valence-corrected chi connectivity index (χ4v) is 1.87.